The summed E-state index contributed by atoms with van der Waals surface area (Å²) in [4.78, 5) is 0. The van der Waals surface area contributed by atoms with E-state index >= 15 is 0 Å². The van der Waals surface area contributed by atoms with Gasteiger partial charge in [-0.2, -0.15) is 0 Å². The first kappa shape index (κ1) is 13.9. The Morgan fingerprint density at radius 1 is 1.14 bits per heavy atom. The van der Waals surface area contributed by atoms with E-state index < -0.39 is 0 Å². The van der Waals surface area contributed by atoms with Gasteiger partial charge < -0.3 is 9.15 Å². The zero-order chi connectivity index (χ0) is 14.7. The Labute approximate surface area is 127 Å². The average molecular weight is 303 g/mol. The lowest BCUT2D eigenvalue weighted by Gasteiger charge is -2.14. The van der Waals surface area contributed by atoms with E-state index in [4.69, 9.17) is 26.6 Å². The second-order valence-corrected chi connectivity index (χ2v) is 5.06. The smallest absolute Gasteiger partial charge is 0.152 e. The SMILES string of the molecule is NNC(COc1ccccc1)c1cc2cccc(Cl)c2o1. The van der Waals surface area contributed by atoms with Crippen LogP contribution in [0.4, 0.5) is 0 Å². The molecule has 0 saturated heterocycles. The third-order valence-corrected chi connectivity index (χ3v) is 3.52. The number of hydrogen-bond acceptors (Lipinski definition) is 4. The molecule has 0 amide bonds. The van der Waals surface area contributed by atoms with Gasteiger partial charge >= 0.3 is 0 Å². The molecule has 0 bridgehead atoms. The quantitative estimate of drug-likeness (QED) is 0.557. The first-order valence-corrected chi connectivity index (χ1v) is 6.97. The van der Waals surface area contributed by atoms with Gasteiger partial charge in [0.2, 0.25) is 0 Å². The minimum atomic E-state index is -0.256. The summed E-state index contributed by atoms with van der Waals surface area (Å²) < 4.78 is 11.5. The molecule has 3 aromatic rings. The number of fused-ring (bicyclic) bond motifs is 1. The van der Waals surface area contributed by atoms with Crippen LogP contribution in [0.15, 0.2) is 59.0 Å². The van der Waals surface area contributed by atoms with Crippen molar-refractivity contribution in [1.82, 2.24) is 5.43 Å². The standard InChI is InChI=1S/C16H15ClN2O2/c17-13-8-4-5-11-9-15(21-16(11)13)14(19-18)10-20-12-6-2-1-3-7-12/h1-9,14,19H,10,18H2. The lowest BCUT2D eigenvalue weighted by atomic mass is 10.2. The second kappa shape index (κ2) is 6.18. The van der Waals surface area contributed by atoms with E-state index in [1.165, 1.54) is 0 Å². The van der Waals surface area contributed by atoms with Gasteiger partial charge in [0.05, 0.1) is 5.02 Å². The lowest BCUT2D eigenvalue weighted by molar-refractivity contribution is 0.250. The van der Waals surface area contributed by atoms with Gasteiger partial charge in [-0.1, -0.05) is 41.9 Å². The Morgan fingerprint density at radius 3 is 2.67 bits per heavy atom. The molecule has 4 nitrogen and oxygen atoms in total. The summed E-state index contributed by atoms with van der Waals surface area (Å²) in [5.41, 5.74) is 3.37. The van der Waals surface area contributed by atoms with Crippen molar-refractivity contribution in [3.8, 4) is 5.75 Å². The monoisotopic (exact) mass is 302 g/mol. The molecule has 3 rings (SSSR count). The number of para-hydroxylation sites is 2. The van der Waals surface area contributed by atoms with E-state index in [2.05, 4.69) is 5.43 Å². The van der Waals surface area contributed by atoms with Crippen molar-refractivity contribution in [1.29, 1.82) is 0 Å². The van der Waals surface area contributed by atoms with Crippen LogP contribution in [-0.2, 0) is 0 Å². The van der Waals surface area contributed by atoms with Gasteiger partial charge in [-0.3, -0.25) is 5.84 Å². The van der Waals surface area contributed by atoms with Crippen LogP contribution in [0.1, 0.15) is 11.8 Å². The van der Waals surface area contributed by atoms with E-state index in [-0.39, 0.29) is 6.04 Å². The van der Waals surface area contributed by atoms with Crippen LogP contribution >= 0.6 is 11.6 Å². The third kappa shape index (κ3) is 3.03. The Balaban J connectivity index is 1.80. The highest BCUT2D eigenvalue weighted by Crippen LogP contribution is 2.29. The second-order valence-electron chi connectivity index (χ2n) is 4.65. The normalized spacial score (nSPS) is 12.5. The van der Waals surface area contributed by atoms with Crippen LogP contribution < -0.4 is 16.0 Å². The van der Waals surface area contributed by atoms with Gasteiger partial charge in [0, 0.05) is 5.39 Å². The van der Waals surface area contributed by atoms with E-state index in [0.717, 1.165) is 11.1 Å². The number of furan rings is 1. The van der Waals surface area contributed by atoms with Crippen LogP contribution in [-0.4, -0.2) is 6.61 Å². The van der Waals surface area contributed by atoms with Crippen molar-refractivity contribution in [3.05, 3.63) is 65.4 Å². The first-order chi connectivity index (χ1) is 10.3. The fourth-order valence-electron chi connectivity index (χ4n) is 2.13. The minimum absolute atomic E-state index is 0.256. The largest absolute Gasteiger partial charge is 0.491 e. The molecular formula is C16H15ClN2O2. The molecule has 1 unspecified atom stereocenters. The number of nitrogens with two attached hydrogens (primary N) is 1. The van der Waals surface area contributed by atoms with E-state index in [9.17, 15) is 0 Å². The fraction of sp³-hybridized carbons (Fsp3) is 0.125. The van der Waals surface area contributed by atoms with Crippen molar-refractivity contribution in [2.45, 2.75) is 6.04 Å². The van der Waals surface area contributed by atoms with Crippen LogP contribution in [0.2, 0.25) is 5.02 Å². The minimum Gasteiger partial charge on any atom is -0.491 e. The number of ether oxygens (including phenoxy) is 1. The maximum atomic E-state index is 6.11. The summed E-state index contributed by atoms with van der Waals surface area (Å²) in [7, 11) is 0. The average Bonchev–Trinajstić information content (AvgIpc) is 2.94. The van der Waals surface area contributed by atoms with Crippen LogP contribution in [0.25, 0.3) is 11.0 Å². The summed E-state index contributed by atoms with van der Waals surface area (Å²) in [6.45, 7) is 0.359. The Hall–Kier alpha value is -2.01. The highest BCUT2D eigenvalue weighted by molar-refractivity contribution is 6.34. The number of halogens is 1. The fourth-order valence-corrected chi connectivity index (χ4v) is 2.35. The van der Waals surface area contributed by atoms with Gasteiger partial charge in [0.25, 0.3) is 0 Å². The van der Waals surface area contributed by atoms with Crippen LogP contribution in [0, 0.1) is 0 Å². The molecule has 0 saturated carbocycles. The number of hydrazine groups is 1. The molecule has 5 heteroatoms. The molecule has 1 heterocycles. The van der Waals surface area contributed by atoms with Gasteiger partial charge in [-0.15, -0.1) is 0 Å². The summed E-state index contributed by atoms with van der Waals surface area (Å²) in [6.07, 6.45) is 0. The summed E-state index contributed by atoms with van der Waals surface area (Å²) in [5.74, 6) is 7.08. The Morgan fingerprint density at radius 2 is 1.95 bits per heavy atom. The number of nitrogens with one attached hydrogen (secondary N) is 1. The molecule has 0 radical (unpaired) electrons. The molecule has 1 atom stereocenters. The van der Waals surface area contributed by atoms with Crippen molar-refractivity contribution in [3.63, 3.8) is 0 Å². The molecule has 0 aliphatic heterocycles. The molecule has 0 fully saturated rings. The molecule has 2 aromatic carbocycles. The van der Waals surface area contributed by atoms with E-state index in [1.54, 1.807) is 6.07 Å². The molecule has 0 aliphatic carbocycles. The third-order valence-electron chi connectivity index (χ3n) is 3.22. The maximum Gasteiger partial charge on any atom is 0.152 e. The molecule has 21 heavy (non-hydrogen) atoms. The number of rotatable bonds is 5. The predicted octanol–water partition coefficient (Wildman–Crippen LogP) is 3.67. The van der Waals surface area contributed by atoms with Crippen molar-refractivity contribution < 1.29 is 9.15 Å². The van der Waals surface area contributed by atoms with Crippen molar-refractivity contribution in [2.24, 2.45) is 5.84 Å². The lowest BCUT2D eigenvalue weighted by Crippen LogP contribution is -2.32. The van der Waals surface area contributed by atoms with Crippen molar-refractivity contribution in [2.75, 3.05) is 6.61 Å². The highest BCUT2D eigenvalue weighted by atomic mass is 35.5. The summed E-state index contributed by atoms with van der Waals surface area (Å²) in [5, 5.41) is 1.52. The maximum absolute atomic E-state index is 6.11. The first-order valence-electron chi connectivity index (χ1n) is 6.60. The van der Waals surface area contributed by atoms with Crippen LogP contribution in [0.5, 0.6) is 5.75 Å². The summed E-state index contributed by atoms with van der Waals surface area (Å²) >= 11 is 6.11. The zero-order valence-corrected chi connectivity index (χ0v) is 12.0. The van der Waals surface area contributed by atoms with Crippen LogP contribution in [0.3, 0.4) is 0 Å². The topological polar surface area (TPSA) is 60.4 Å². The Kier molecular flexibility index (Phi) is 4.10. The highest BCUT2D eigenvalue weighted by Gasteiger charge is 2.17. The van der Waals surface area contributed by atoms with E-state index in [0.29, 0.717) is 23.0 Å². The van der Waals surface area contributed by atoms with E-state index in [1.807, 2.05) is 48.5 Å². The molecule has 0 spiro atoms. The van der Waals surface area contributed by atoms with Gasteiger partial charge in [0.1, 0.15) is 24.2 Å². The van der Waals surface area contributed by atoms with Gasteiger partial charge in [-0.05, 0) is 24.3 Å². The molecule has 108 valence electrons. The number of hydrogen-bond donors (Lipinski definition) is 2. The predicted molar refractivity (Wildman–Crippen MR) is 83.2 cm³/mol. The van der Waals surface area contributed by atoms with Gasteiger partial charge in [-0.25, -0.2) is 5.43 Å². The number of benzene rings is 2. The summed E-state index contributed by atoms with van der Waals surface area (Å²) in [6, 6.07) is 16.8. The molecule has 1 aromatic heterocycles. The molecule has 0 aliphatic rings. The zero-order valence-electron chi connectivity index (χ0n) is 11.3. The molecular weight excluding hydrogens is 288 g/mol. The Bertz CT molecular complexity index is 727. The van der Waals surface area contributed by atoms with Gasteiger partial charge in [0.15, 0.2) is 5.58 Å². The molecule has 3 N–H and O–H groups in total. The van der Waals surface area contributed by atoms with Crippen molar-refractivity contribution >= 4 is 22.6 Å².